The number of nitrogens with one attached hydrogen (secondary N) is 1. The molecule has 1 amide bonds. The van der Waals surface area contributed by atoms with E-state index in [0.29, 0.717) is 0 Å². The largest absolute Gasteiger partial charge is 0.479 e. The van der Waals surface area contributed by atoms with Gasteiger partial charge in [-0.3, -0.25) is 5.32 Å². The van der Waals surface area contributed by atoms with Gasteiger partial charge in [0.15, 0.2) is 0 Å². The molecule has 0 aromatic heterocycles. The minimum Gasteiger partial charge on any atom is -0.479 e. The highest BCUT2D eigenvalue weighted by Gasteiger charge is 2.47. The summed E-state index contributed by atoms with van der Waals surface area (Å²) in [5.74, 6) is -2.68. The minimum absolute atomic E-state index is 0.0416. The summed E-state index contributed by atoms with van der Waals surface area (Å²) < 4.78 is 10.3. The molecule has 0 fully saturated rings. The van der Waals surface area contributed by atoms with Crippen molar-refractivity contribution in [3.05, 3.63) is 65.7 Å². The molecule has 2 rings (SSSR count). The molecule has 0 saturated heterocycles. The Kier molecular flexibility index (Phi) is 6.60. The lowest BCUT2D eigenvalue weighted by Gasteiger charge is -2.28. The van der Waals surface area contributed by atoms with Crippen molar-refractivity contribution < 1.29 is 29.0 Å². The van der Waals surface area contributed by atoms with Gasteiger partial charge in [-0.25, -0.2) is 14.4 Å². The predicted molar refractivity (Wildman–Crippen MR) is 106 cm³/mol. The van der Waals surface area contributed by atoms with Crippen molar-refractivity contribution >= 4 is 23.7 Å². The Labute approximate surface area is 168 Å². The van der Waals surface area contributed by atoms with Crippen molar-refractivity contribution in [2.24, 2.45) is 5.73 Å². The number of carboxylic acid groups (broad SMARTS) is 1. The van der Waals surface area contributed by atoms with E-state index >= 15 is 0 Å². The summed E-state index contributed by atoms with van der Waals surface area (Å²) in [7, 11) is 0. The van der Waals surface area contributed by atoms with E-state index in [1.165, 1.54) is 24.3 Å². The number of carboxylic acids is 1. The zero-order valence-corrected chi connectivity index (χ0v) is 16.5. The van der Waals surface area contributed by atoms with Crippen LogP contribution >= 0.6 is 0 Å². The van der Waals surface area contributed by atoms with Crippen LogP contribution in [0.1, 0.15) is 31.9 Å². The van der Waals surface area contributed by atoms with Crippen LogP contribution in [-0.2, 0) is 31.2 Å². The molecule has 0 spiro atoms. The van der Waals surface area contributed by atoms with E-state index in [4.69, 9.17) is 15.2 Å². The first-order valence-electron chi connectivity index (χ1n) is 8.86. The third kappa shape index (κ3) is 5.79. The Morgan fingerprint density at radius 2 is 1.69 bits per heavy atom. The molecule has 0 unspecified atom stereocenters. The molecule has 0 radical (unpaired) electrons. The summed E-state index contributed by atoms with van der Waals surface area (Å²) in [4.78, 5) is 36.3. The first kappa shape index (κ1) is 21.9. The van der Waals surface area contributed by atoms with Crippen LogP contribution in [0.5, 0.6) is 0 Å². The third-order valence-corrected chi connectivity index (χ3v) is 3.84. The second kappa shape index (κ2) is 8.74. The molecule has 8 nitrogen and oxygen atoms in total. The lowest BCUT2D eigenvalue weighted by atomic mass is 9.90. The fraction of sp³-hybridized carbons (Fsp3) is 0.286. The number of nitrogens with two attached hydrogens (primary N) is 1. The van der Waals surface area contributed by atoms with Crippen molar-refractivity contribution in [3.8, 4) is 0 Å². The van der Waals surface area contributed by atoms with Crippen molar-refractivity contribution in [2.45, 2.75) is 38.5 Å². The van der Waals surface area contributed by atoms with Gasteiger partial charge in [0, 0.05) is 5.69 Å². The molecule has 8 heteroatoms. The van der Waals surface area contributed by atoms with Gasteiger partial charge in [0.25, 0.3) is 0 Å². The van der Waals surface area contributed by atoms with E-state index in [1.807, 2.05) is 30.3 Å². The van der Waals surface area contributed by atoms with Gasteiger partial charge >= 0.3 is 18.0 Å². The zero-order valence-electron chi connectivity index (χ0n) is 16.5. The second-order valence-corrected chi connectivity index (χ2v) is 7.38. The van der Waals surface area contributed by atoms with Crippen LogP contribution in [0.15, 0.2) is 54.6 Å². The van der Waals surface area contributed by atoms with Crippen molar-refractivity contribution in [1.82, 2.24) is 0 Å². The molecule has 4 N–H and O–H groups in total. The number of anilines is 1. The number of ether oxygens (including phenoxy) is 2. The topological polar surface area (TPSA) is 128 Å². The molecule has 29 heavy (non-hydrogen) atoms. The Bertz CT molecular complexity index is 892. The maximum Gasteiger partial charge on any atom is 0.411 e. The molecule has 0 aliphatic carbocycles. The standard InChI is InChI=1S/C21H24N2O6/c1-20(2,3)29-18(26)21(22,17(24)25)15-10-7-11-16(12-15)23-19(27)28-13-14-8-5-4-6-9-14/h4-12H,13,22H2,1-3H3,(H,23,27)(H,24,25)/t21-/m0/s1. The molecular weight excluding hydrogens is 376 g/mol. The number of hydrogen-bond acceptors (Lipinski definition) is 6. The summed E-state index contributed by atoms with van der Waals surface area (Å²) in [6, 6.07) is 14.8. The van der Waals surface area contributed by atoms with Crippen LogP contribution in [0.25, 0.3) is 0 Å². The smallest absolute Gasteiger partial charge is 0.411 e. The summed E-state index contributed by atoms with van der Waals surface area (Å²) in [5, 5.41) is 12.1. The normalized spacial score (nSPS) is 13.1. The van der Waals surface area contributed by atoms with Crippen LogP contribution in [0, 0.1) is 0 Å². The Balaban J connectivity index is 2.16. The van der Waals surface area contributed by atoms with Gasteiger partial charge in [0.1, 0.15) is 12.2 Å². The average Bonchev–Trinajstić information content (AvgIpc) is 2.65. The Hall–Kier alpha value is -3.39. The van der Waals surface area contributed by atoms with E-state index in [9.17, 15) is 19.5 Å². The molecule has 1 atom stereocenters. The molecule has 0 aliphatic heterocycles. The molecule has 0 aliphatic rings. The third-order valence-electron chi connectivity index (χ3n) is 3.84. The number of rotatable bonds is 6. The number of carbonyl (C=O) groups is 3. The number of aliphatic carboxylic acids is 1. The highest BCUT2D eigenvalue weighted by molar-refractivity contribution is 6.05. The summed E-state index contributed by atoms with van der Waals surface area (Å²) in [6.07, 6.45) is -0.735. The average molecular weight is 400 g/mol. The minimum atomic E-state index is -2.43. The molecule has 2 aromatic carbocycles. The van der Waals surface area contributed by atoms with Gasteiger partial charge < -0.3 is 20.3 Å². The van der Waals surface area contributed by atoms with E-state index in [2.05, 4.69) is 5.32 Å². The van der Waals surface area contributed by atoms with Crippen LogP contribution in [0.3, 0.4) is 0 Å². The number of amides is 1. The van der Waals surface area contributed by atoms with Crippen molar-refractivity contribution in [2.75, 3.05) is 5.32 Å². The monoisotopic (exact) mass is 400 g/mol. The highest BCUT2D eigenvalue weighted by Crippen LogP contribution is 2.26. The maximum absolute atomic E-state index is 12.5. The Morgan fingerprint density at radius 1 is 1.03 bits per heavy atom. The van der Waals surface area contributed by atoms with E-state index < -0.39 is 29.2 Å². The molecule has 154 valence electrons. The summed E-state index contributed by atoms with van der Waals surface area (Å²) in [5.41, 5.74) is 3.57. The van der Waals surface area contributed by atoms with Crippen LogP contribution < -0.4 is 11.1 Å². The highest BCUT2D eigenvalue weighted by atomic mass is 16.6. The predicted octanol–water partition coefficient (Wildman–Crippen LogP) is 3.02. The molecule has 0 saturated carbocycles. The summed E-state index contributed by atoms with van der Waals surface area (Å²) in [6.45, 7) is 4.88. The van der Waals surface area contributed by atoms with Crippen molar-refractivity contribution in [3.63, 3.8) is 0 Å². The first-order valence-corrected chi connectivity index (χ1v) is 8.86. The maximum atomic E-state index is 12.5. The van der Waals surface area contributed by atoms with Gasteiger partial charge in [-0.1, -0.05) is 42.5 Å². The summed E-state index contributed by atoms with van der Waals surface area (Å²) >= 11 is 0. The lowest BCUT2D eigenvalue weighted by Crippen LogP contribution is -2.54. The first-order chi connectivity index (χ1) is 13.5. The van der Waals surface area contributed by atoms with Crippen LogP contribution in [0.2, 0.25) is 0 Å². The fourth-order valence-corrected chi connectivity index (χ4v) is 2.41. The number of carbonyl (C=O) groups excluding carboxylic acids is 2. The number of benzene rings is 2. The van der Waals surface area contributed by atoms with Crippen LogP contribution in [-0.4, -0.2) is 28.7 Å². The van der Waals surface area contributed by atoms with Gasteiger partial charge in [-0.2, -0.15) is 0 Å². The van der Waals surface area contributed by atoms with Crippen molar-refractivity contribution in [1.29, 1.82) is 0 Å². The number of hydrogen-bond donors (Lipinski definition) is 3. The van der Waals surface area contributed by atoms with Crippen LogP contribution in [0.4, 0.5) is 10.5 Å². The molecule has 0 heterocycles. The van der Waals surface area contributed by atoms with Gasteiger partial charge in [0.2, 0.25) is 5.54 Å². The van der Waals surface area contributed by atoms with Gasteiger partial charge in [0.05, 0.1) is 0 Å². The second-order valence-electron chi connectivity index (χ2n) is 7.38. The fourth-order valence-electron chi connectivity index (χ4n) is 2.41. The SMILES string of the molecule is CC(C)(C)OC(=O)[C@@](N)(C(=O)O)c1cccc(NC(=O)OCc2ccccc2)c1. The quantitative estimate of drug-likeness (QED) is 0.502. The van der Waals surface area contributed by atoms with Gasteiger partial charge in [-0.15, -0.1) is 0 Å². The lowest BCUT2D eigenvalue weighted by molar-refractivity contribution is -0.169. The molecule has 0 bridgehead atoms. The van der Waals surface area contributed by atoms with E-state index in [0.717, 1.165) is 5.56 Å². The van der Waals surface area contributed by atoms with E-state index in [1.54, 1.807) is 20.8 Å². The molecule has 2 aromatic rings. The van der Waals surface area contributed by atoms with E-state index in [-0.39, 0.29) is 17.9 Å². The number of esters is 1. The van der Waals surface area contributed by atoms with Gasteiger partial charge in [-0.05, 0) is 44.0 Å². The zero-order chi connectivity index (χ0) is 21.7. The molecular formula is C21H24N2O6. The Morgan fingerprint density at radius 3 is 2.28 bits per heavy atom.